The first-order valence-corrected chi connectivity index (χ1v) is 13.3. The summed E-state index contributed by atoms with van der Waals surface area (Å²) in [7, 11) is 0. The van der Waals surface area contributed by atoms with Gasteiger partial charge in [0.25, 0.3) is 0 Å². The normalized spacial score (nSPS) is 20.9. The molecule has 0 spiro atoms. The van der Waals surface area contributed by atoms with Crippen molar-refractivity contribution in [1.29, 1.82) is 0 Å². The van der Waals surface area contributed by atoms with Crippen LogP contribution in [-0.2, 0) is 10.3 Å². The lowest BCUT2D eigenvalue weighted by atomic mass is 9.81. The molecular weight excluding hydrogens is 497 g/mol. The number of benzene rings is 2. The van der Waals surface area contributed by atoms with Gasteiger partial charge in [-0.05, 0) is 81.3 Å². The molecule has 2 aliphatic carbocycles. The lowest BCUT2D eigenvalue weighted by molar-refractivity contribution is -0.0485. The predicted molar refractivity (Wildman–Crippen MR) is 144 cm³/mol. The van der Waals surface area contributed by atoms with Crippen molar-refractivity contribution in [2.24, 2.45) is 0 Å². The van der Waals surface area contributed by atoms with E-state index in [9.17, 15) is 14.3 Å². The van der Waals surface area contributed by atoms with E-state index >= 15 is 0 Å². The number of anilines is 2. The molecule has 0 saturated heterocycles. The minimum Gasteiger partial charge on any atom is -0.459 e. The quantitative estimate of drug-likeness (QED) is 0.297. The maximum absolute atomic E-state index is 14.1. The zero-order valence-corrected chi connectivity index (χ0v) is 21.7. The fraction of sp³-hybridized carbons (Fsp3) is 0.333. The van der Waals surface area contributed by atoms with E-state index in [4.69, 9.17) is 4.74 Å². The standard InChI is InChI=1S/C30H30FN5O3/c1-19-13-22(34-29-32-16-25(31)27(35-29)20-7-8-20)15-23(14-19)36-17-26(33-18-36)30(38)11-9-24(10-12-30)39-28(37)21-5-3-2-4-6-21/h2-6,13-18,20,24,38H,7-12H2,1H3,(H,32,34,35)/t24-,30+. The molecule has 2 aliphatic rings. The van der Waals surface area contributed by atoms with Crippen molar-refractivity contribution in [3.8, 4) is 5.69 Å². The average molecular weight is 528 g/mol. The molecule has 0 unspecified atom stereocenters. The summed E-state index contributed by atoms with van der Waals surface area (Å²) in [4.78, 5) is 25.4. The number of aliphatic hydroxyl groups is 1. The molecule has 0 radical (unpaired) electrons. The zero-order valence-electron chi connectivity index (χ0n) is 21.7. The molecule has 2 fully saturated rings. The second-order valence-corrected chi connectivity index (χ2v) is 10.6. The largest absolute Gasteiger partial charge is 0.459 e. The Hall–Kier alpha value is -4.11. The predicted octanol–water partition coefficient (Wildman–Crippen LogP) is 5.72. The molecule has 6 rings (SSSR count). The van der Waals surface area contributed by atoms with E-state index in [2.05, 4.69) is 20.3 Å². The number of aromatic nitrogens is 4. The average Bonchev–Trinajstić information content (AvgIpc) is 3.65. The first kappa shape index (κ1) is 25.2. The van der Waals surface area contributed by atoms with E-state index in [1.54, 1.807) is 30.6 Å². The summed E-state index contributed by atoms with van der Waals surface area (Å²) in [6.07, 6.45) is 8.43. The Morgan fingerprint density at radius 1 is 1.10 bits per heavy atom. The van der Waals surface area contributed by atoms with Crippen molar-refractivity contribution in [3.05, 3.63) is 95.6 Å². The number of esters is 1. The number of hydrogen-bond acceptors (Lipinski definition) is 7. The minimum absolute atomic E-state index is 0.183. The van der Waals surface area contributed by atoms with Gasteiger partial charge in [-0.1, -0.05) is 18.2 Å². The van der Waals surface area contributed by atoms with E-state index in [0.717, 1.165) is 29.8 Å². The van der Waals surface area contributed by atoms with Crippen LogP contribution in [0.4, 0.5) is 16.0 Å². The third-order valence-corrected chi connectivity index (χ3v) is 7.45. The van der Waals surface area contributed by atoms with Crippen molar-refractivity contribution in [3.63, 3.8) is 0 Å². The van der Waals surface area contributed by atoms with E-state index in [-0.39, 0.29) is 23.8 Å². The van der Waals surface area contributed by atoms with Gasteiger partial charge < -0.3 is 19.7 Å². The van der Waals surface area contributed by atoms with E-state index in [0.29, 0.717) is 48.6 Å². The van der Waals surface area contributed by atoms with Gasteiger partial charge in [-0.3, -0.25) is 0 Å². The maximum atomic E-state index is 14.1. The Balaban J connectivity index is 1.13. The van der Waals surface area contributed by atoms with Crippen molar-refractivity contribution in [2.75, 3.05) is 5.32 Å². The lowest BCUT2D eigenvalue weighted by Crippen LogP contribution is -2.35. The smallest absolute Gasteiger partial charge is 0.338 e. The number of hydrogen-bond donors (Lipinski definition) is 2. The number of carbonyl (C=O) groups excluding carboxylic acids is 1. The Morgan fingerprint density at radius 2 is 1.87 bits per heavy atom. The SMILES string of the molecule is Cc1cc(Nc2ncc(F)c(C3CC3)n2)cc(-n2cnc([C@]3(O)CC[C@@H](OC(=O)c4ccccc4)CC3)c2)c1. The number of ether oxygens (including phenoxy) is 1. The van der Waals surface area contributed by atoms with Gasteiger partial charge in [0.05, 0.1) is 29.5 Å². The zero-order chi connectivity index (χ0) is 27.0. The molecule has 8 nitrogen and oxygen atoms in total. The van der Waals surface area contributed by atoms with Crippen molar-refractivity contribution < 1.29 is 19.0 Å². The van der Waals surface area contributed by atoms with Crippen molar-refractivity contribution in [1.82, 2.24) is 19.5 Å². The second kappa shape index (κ2) is 10.2. The number of halogens is 1. The third kappa shape index (κ3) is 5.54. The van der Waals surface area contributed by atoms with Gasteiger partial charge in [-0.2, -0.15) is 0 Å². The summed E-state index contributed by atoms with van der Waals surface area (Å²) >= 11 is 0. The Bertz CT molecular complexity index is 1490. The van der Waals surface area contributed by atoms with Crippen LogP contribution in [0.1, 0.15) is 71.8 Å². The first-order valence-electron chi connectivity index (χ1n) is 13.3. The van der Waals surface area contributed by atoms with Crippen LogP contribution < -0.4 is 5.32 Å². The Labute approximate surface area is 225 Å². The molecule has 0 amide bonds. The van der Waals surface area contributed by atoms with Gasteiger partial charge in [0.15, 0.2) is 5.82 Å². The van der Waals surface area contributed by atoms with Gasteiger partial charge in [0.2, 0.25) is 5.95 Å². The molecule has 2 aromatic carbocycles. The number of carbonyl (C=O) groups is 1. The van der Waals surface area contributed by atoms with E-state index < -0.39 is 5.60 Å². The topological polar surface area (TPSA) is 102 Å². The van der Waals surface area contributed by atoms with Gasteiger partial charge >= 0.3 is 5.97 Å². The van der Waals surface area contributed by atoms with Crippen LogP contribution >= 0.6 is 0 Å². The first-order chi connectivity index (χ1) is 18.9. The molecule has 39 heavy (non-hydrogen) atoms. The fourth-order valence-corrected chi connectivity index (χ4v) is 5.14. The summed E-state index contributed by atoms with van der Waals surface area (Å²) in [6, 6.07) is 14.9. The van der Waals surface area contributed by atoms with Gasteiger partial charge in [-0.25, -0.2) is 24.1 Å². The van der Waals surface area contributed by atoms with Crippen LogP contribution in [0, 0.1) is 12.7 Å². The Kier molecular flexibility index (Phi) is 6.60. The Morgan fingerprint density at radius 3 is 2.62 bits per heavy atom. The summed E-state index contributed by atoms with van der Waals surface area (Å²) in [5.74, 6) is -0.155. The van der Waals surface area contributed by atoms with Crippen LogP contribution in [0.3, 0.4) is 0 Å². The number of imidazole rings is 1. The number of aryl methyl sites for hydroxylation is 1. The second-order valence-electron chi connectivity index (χ2n) is 10.6. The maximum Gasteiger partial charge on any atom is 0.338 e. The molecule has 2 saturated carbocycles. The van der Waals surface area contributed by atoms with Crippen LogP contribution in [0.15, 0.2) is 67.3 Å². The highest BCUT2D eigenvalue weighted by Gasteiger charge is 2.38. The molecule has 2 heterocycles. The van der Waals surface area contributed by atoms with Crippen LogP contribution in [0.5, 0.6) is 0 Å². The van der Waals surface area contributed by atoms with Gasteiger partial charge in [0.1, 0.15) is 11.7 Å². The summed E-state index contributed by atoms with van der Waals surface area (Å²) < 4.78 is 21.6. The highest BCUT2D eigenvalue weighted by Crippen LogP contribution is 2.40. The molecule has 0 bridgehead atoms. The van der Waals surface area contributed by atoms with Crippen molar-refractivity contribution in [2.45, 2.75) is 63.1 Å². The third-order valence-electron chi connectivity index (χ3n) is 7.45. The van der Waals surface area contributed by atoms with Crippen molar-refractivity contribution >= 4 is 17.6 Å². The molecular formula is C30H30FN5O3. The fourth-order valence-electron chi connectivity index (χ4n) is 5.14. The molecule has 2 N–H and O–H groups in total. The van der Waals surface area contributed by atoms with E-state index in [1.165, 1.54) is 6.20 Å². The molecule has 4 aromatic rings. The molecule has 2 aromatic heterocycles. The number of nitrogens with one attached hydrogen (secondary N) is 1. The number of nitrogens with zero attached hydrogens (tertiary/aromatic N) is 4. The van der Waals surface area contributed by atoms with Crippen LogP contribution in [0.25, 0.3) is 5.69 Å². The summed E-state index contributed by atoms with van der Waals surface area (Å²) in [5, 5.41) is 14.6. The molecule has 9 heteroatoms. The molecule has 200 valence electrons. The summed E-state index contributed by atoms with van der Waals surface area (Å²) in [5.41, 5.74) is 3.13. The lowest BCUT2D eigenvalue weighted by Gasteiger charge is -2.34. The molecule has 0 aliphatic heterocycles. The highest BCUT2D eigenvalue weighted by molar-refractivity contribution is 5.89. The summed E-state index contributed by atoms with van der Waals surface area (Å²) in [6.45, 7) is 1.99. The van der Waals surface area contributed by atoms with Gasteiger partial charge in [0, 0.05) is 23.5 Å². The van der Waals surface area contributed by atoms with Crippen LogP contribution in [0.2, 0.25) is 0 Å². The van der Waals surface area contributed by atoms with Gasteiger partial charge in [-0.15, -0.1) is 0 Å². The molecule has 0 atom stereocenters. The minimum atomic E-state index is -1.09. The van der Waals surface area contributed by atoms with Crippen LogP contribution in [-0.4, -0.2) is 36.7 Å². The highest BCUT2D eigenvalue weighted by atomic mass is 19.1. The monoisotopic (exact) mass is 527 g/mol. The van der Waals surface area contributed by atoms with E-state index in [1.807, 2.05) is 42.0 Å². The number of rotatable bonds is 7.